The van der Waals surface area contributed by atoms with E-state index in [9.17, 15) is 4.79 Å². The molecular weight excluding hydrogens is 372 g/mol. The number of hydrogen-bond donors (Lipinski definition) is 2. The molecule has 0 spiro atoms. The van der Waals surface area contributed by atoms with Crippen LogP contribution in [0.15, 0.2) is 42.7 Å². The molecule has 3 rings (SSSR count). The Balaban J connectivity index is 1.54. The minimum absolute atomic E-state index is 0.0479. The maximum atomic E-state index is 12.0. The third kappa shape index (κ3) is 5.82. The van der Waals surface area contributed by atoms with Gasteiger partial charge in [-0.1, -0.05) is 6.07 Å². The van der Waals surface area contributed by atoms with Crippen LogP contribution in [-0.4, -0.2) is 48.7 Å². The van der Waals surface area contributed by atoms with E-state index in [0.29, 0.717) is 19.6 Å². The molecule has 3 aromatic rings. The first-order valence-electron chi connectivity index (χ1n) is 9.44. The largest absolute Gasteiger partial charge is 0.383 e. The summed E-state index contributed by atoms with van der Waals surface area (Å²) < 4.78 is 6.13. The molecule has 0 aliphatic carbocycles. The Morgan fingerprint density at radius 2 is 2.00 bits per heavy atom. The maximum Gasteiger partial charge on any atom is 0.221 e. The van der Waals surface area contributed by atoms with Crippen molar-refractivity contribution >= 4 is 27.5 Å². The normalized spacial score (nSPS) is 12.2. The second-order valence-corrected chi connectivity index (χ2v) is 7.81. The number of rotatable bonds is 10. The summed E-state index contributed by atoms with van der Waals surface area (Å²) in [4.78, 5) is 20.9. The summed E-state index contributed by atoms with van der Waals surface area (Å²) in [6.07, 6.45) is 4.78. The first-order chi connectivity index (χ1) is 13.7. The topological polar surface area (TPSA) is 76.1 Å². The fourth-order valence-corrected chi connectivity index (χ4v) is 4.02. The van der Waals surface area contributed by atoms with Crippen molar-refractivity contribution in [2.24, 2.45) is 0 Å². The average molecular weight is 399 g/mol. The van der Waals surface area contributed by atoms with Crippen LogP contribution >= 0.6 is 11.3 Å². The van der Waals surface area contributed by atoms with Gasteiger partial charge in [0.15, 0.2) is 0 Å². The van der Waals surface area contributed by atoms with Gasteiger partial charge in [0, 0.05) is 51.5 Å². The van der Waals surface area contributed by atoms with Crippen LogP contribution in [0.5, 0.6) is 0 Å². The van der Waals surface area contributed by atoms with E-state index in [1.165, 1.54) is 0 Å². The van der Waals surface area contributed by atoms with Crippen molar-refractivity contribution in [1.82, 2.24) is 20.6 Å². The van der Waals surface area contributed by atoms with Crippen LogP contribution in [0.4, 0.5) is 0 Å². The van der Waals surface area contributed by atoms with Gasteiger partial charge >= 0.3 is 0 Å². The monoisotopic (exact) mass is 398 g/mol. The Morgan fingerprint density at radius 1 is 1.18 bits per heavy atom. The lowest BCUT2D eigenvalue weighted by molar-refractivity contribution is -0.121. The van der Waals surface area contributed by atoms with E-state index in [2.05, 4.69) is 33.8 Å². The summed E-state index contributed by atoms with van der Waals surface area (Å²) in [7, 11) is 1.66. The number of carbonyl (C=O) groups is 1. The van der Waals surface area contributed by atoms with Crippen LogP contribution in [0, 0.1) is 0 Å². The number of methoxy groups -OCH3 is 1. The molecule has 1 atom stereocenters. The molecule has 2 N–H and O–H groups in total. The lowest BCUT2D eigenvalue weighted by atomic mass is 10.1. The molecule has 7 heteroatoms. The van der Waals surface area contributed by atoms with Gasteiger partial charge in [0.25, 0.3) is 0 Å². The summed E-state index contributed by atoms with van der Waals surface area (Å²) in [5.74, 6) is 0.0542. The molecule has 0 fully saturated rings. The van der Waals surface area contributed by atoms with E-state index in [4.69, 9.17) is 9.72 Å². The van der Waals surface area contributed by atoms with Crippen LogP contribution in [0.2, 0.25) is 0 Å². The summed E-state index contributed by atoms with van der Waals surface area (Å²) in [5.41, 5.74) is 3.26. The number of pyridine rings is 1. The third-order valence-electron chi connectivity index (χ3n) is 4.35. The quantitative estimate of drug-likeness (QED) is 0.514. The van der Waals surface area contributed by atoms with E-state index in [0.717, 1.165) is 39.3 Å². The highest BCUT2D eigenvalue weighted by Gasteiger charge is 2.12. The molecule has 2 aromatic heterocycles. The van der Waals surface area contributed by atoms with Crippen LogP contribution < -0.4 is 10.6 Å². The van der Waals surface area contributed by atoms with Crippen LogP contribution in [0.1, 0.15) is 18.4 Å². The van der Waals surface area contributed by atoms with Gasteiger partial charge in [-0.2, -0.15) is 0 Å². The molecule has 0 bridgehead atoms. The number of amides is 1. The standard InChI is InChI=1S/C21H26N4O2S/c1-15(24-20(26)7-10-23-11-12-27-2)13-21-25-18-14-17(3-4-19(18)28-21)16-5-8-22-9-6-16/h3-6,8-9,14-15,23H,7,10-13H2,1-2H3,(H,24,26). The van der Waals surface area contributed by atoms with Gasteiger partial charge in [0.1, 0.15) is 0 Å². The molecule has 6 nitrogen and oxygen atoms in total. The molecule has 2 heterocycles. The molecule has 1 amide bonds. The van der Waals surface area contributed by atoms with Gasteiger partial charge in [-0.15, -0.1) is 11.3 Å². The fourth-order valence-electron chi connectivity index (χ4n) is 2.95. The lowest BCUT2D eigenvalue weighted by Crippen LogP contribution is -2.36. The first-order valence-corrected chi connectivity index (χ1v) is 10.3. The molecule has 0 aliphatic rings. The van der Waals surface area contributed by atoms with Gasteiger partial charge in [0.2, 0.25) is 5.91 Å². The molecule has 0 saturated heterocycles. The Hall–Kier alpha value is -2.35. The smallest absolute Gasteiger partial charge is 0.221 e. The zero-order valence-corrected chi connectivity index (χ0v) is 17.1. The van der Waals surface area contributed by atoms with Crippen molar-refractivity contribution in [3.05, 3.63) is 47.7 Å². The van der Waals surface area contributed by atoms with E-state index >= 15 is 0 Å². The number of thiazole rings is 1. The first kappa shape index (κ1) is 20.4. The number of aromatic nitrogens is 2. The number of nitrogens with zero attached hydrogens (tertiary/aromatic N) is 2. The predicted molar refractivity (Wildman–Crippen MR) is 114 cm³/mol. The Labute approximate surface area is 169 Å². The van der Waals surface area contributed by atoms with Crippen LogP contribution in [0.3, 0.4) is 0 Å². The molecule has 28 heavy (non-hydrogen) atoms. The number of nitrogens with one attached hydrogen (secondary N) is 2. The molecule has 1 aromatic carbocycles. The zero-order chi connectivity index (χ0) is 19.8. The van der Waals surface area contributed by atoms with Crippen LogP contribution in [0.25, 0.3) is 21.3 Å². The number of benzene rings is 1. The van der Waals surface area contributed by atoms with E-state index in [1.807, 2.05) is 19.1 Å². The minimum atomic E-state index is 0.0479. The van der Waals surface area contributed by atoms with E-state index < -0.39 is 0 Å². The van der Waals surface area contributed by atoms with Gasteiger partial charge in [-0.05, 0) is 42.3 Å². The van der Waals surface area contributed by atoms with E-state index in [-0.39, 0.29) is 11.9 Å². The highest BCUT2D eigenvalue weighted by molar-refractivity contribution is 7.18. The minimum Gasteiger partial charge on any atom is -0.383 e. The van der Waals surface area contributed by atoms with Gasteiger partial charge < -0.3 is 15.4 Å². The Kier molecular flexibility index (Phi) is 7.47. The summed E-state index contributed by atoms with van der Waals surface area (Å²) in [5, 5.41) is 7.26. The molecule has 0 radical (unpaired) electrons. The molecule has 0 saturated carbocycles. The number of fused-ring (bicyclic) bond motifs is 1. The third-order valence-corrected chi connectivity index (χ3v) is 5.40. The molecule has 0 aliphatic heterocycles. The number of ether oxygens (including phenoxy) is 1. The summed E-state index contributed by atoms with van der Waals surface area (Å²) >= 11 is 1.68. The van der Waals surface area contributed by atoms with Crippen LogP contribution in [-0.2, 0) is 16.0 Å². The van der Waals surface area contributed by atoms with Gasteiger partial charge in [-0.25, -0.2) is 4.98 Å². The maximum absolute atomic E-state index is 12.0. The second-order valence-electron chi connectivity index (χ2n) is 6.69. The van der Waals surface area contributed by atoms with Crippen molar-refractivity contribution in [3.8, 4) is 11.1 Å². The van der Waals surface area contributed by atoms with Crippen molar-refractivity contribution in [1.29, 1.82) is 0 Å². The fraction of sp³-hybridized carbons (Fsp3) is 0.381. The number of carbonyl (C=O) groups excluding carboxylic acids is 1. The predicted octanol–water partition coefficient (Wildman–Crippen LogP) is 3.03. The zero-order valence-electron chi connectivity index (χ0n) is 16.3. The van der Waals surface area contributed by atoms with E-state index in [1.54, 1.807) is 30.8 Å². The summed E-state index contributed by atoms with van der Waals surface area (Å²) in [6, 6.07) is 10.4. The Morgan fingerprint density at radius 3 is 2.79 bits per heavy atom. The molecule has 148 valence electrons. The Bertz CT molecular complexity index is 898. The van der Waals surface area contributed by atoms with Gasteiger partial charge in [0.05, 0.1) is 21.8 Å². The highest BCUT2D eigenvalue weighted by atomic mass is 32.1. The molecule has 1 unspecified atom stereocenters. The SMILES string of the molecule is COCCNCCC(=O)NC(C)Cc1nc2cc(-c3ccncc3)ccc2s1. The van der Waals surface area contributed by atoms with Crippen molar-refractivity contribution in [3.63, 3.8) is 0 Å². The molecular formula is C21H26N4O2S. The summed E-state index contributed by atoms with van der Waals surface area (Å²) in [6.45, 7) is 4.08. The number of hydrogen-bond acceptors (Lipinski definition) is 6. The lowest BCUT2D eigenvalue weighted by Gasteiger charge is -2.12. The van der Waals surface area contributed by atoms with Crippen molar-refractivity contribution in [2.45, 2.75) is 25.8 Å². The van der Waals surface area contributed by atoms with Crippen molar-refractivity contribution in [2.75, 3.05) is 26.8 Å². The second kappa shape index (κ2) is 10.3. The average Bonchev–Trinajstić information content (AvgIpc) is 3.09. The van der Waals surface area contributed by atoms with Gasteiger partial charge in [-0.3, -0.25) is 9.78 Å². The van der Waals surface area contributed by atoms with Crippen molar-refractivity contribution < 1.29 is 9.53 Å². The highest BCUT2D eigenvalue weighted by Crippen LogP contribution is 2.28.